The van der Waals surface area contributed by atoms with Gasteiger partial charge in [0.05, 0.1) is 4.90 Å². The average molecular weight is 282 g/mol. The van der Waals surface area contributed by atoms with E-state index in [1.807, 2.05) is 32.9 Å². The summed E-state index contributed by atoms with van der Waals surface area (Å²) in [5.74, 6) is 0. The predicted molar refractivity (Wildman–Crippen MR) is 76.5 cm³/mol. The van der Waals surface area contributed by atoms with E-state index in [-0.39, 0.29) is 12.1 Å². The molecule has 106 valence electrons. The molecule has 0 aromatic heterocycles. The minimum absolute atomic E-state index is 0.0329. The van der Waals surface area contributed by atoms with Crippen LogP contribution in [0.5, 0.6) is 0 Å². The maximum absolute atomic E-state index is 12.7. The van der Waals surface area contributed by atoms with Gasteiger partial charge >= 0.3 is 0 Å². The average Bonchev–Trinajstić information content (AvgIpc) is 2.27. The number of aryl methyl sites for hydroxylation is 2. The normalized spacial score (nSPS) is 25.5. The summed E-state index contributed by atoms with van der Waals surface area (Å²) in [6.45, 7) is 6.25. The van der Waals surface area contributed by atoms with Crippen molar-refractivity contribution in [1.29, 1.82) is 0 Å². The minimum Gasteiger partial charge on any atom is -0.328 e. The van der Waals surface area contributed by atoms with Gasteiger partial charge in [-0.3, -0.25) is 0 Å². The van der Waals surface area contributed by atoms with Gasteiger partial charge in [0.25, 0.3) is 0 Å². The third-order valence-electron chi connectivity index (χ3n) is 3.77. The van der Waals surface area contributed by atoms with Crippen molar-refractivity contribution in [1.82, 2.24) is 4.31 Å². The molecule has 1 aliphatic rings. The molecule has 0 radical (unpaired) electrons. The number of hydrogen-bond acceptors (Lipinski definition) is 3. The van der Waals surface area contributed by atoms with Gasteiger partial charge in [0.15, 0.2) is 0 Å². The lowest BCUT2D eigenvalue weighted by Gasteiger charge is -2.35. The van der Waals surface area contributed by atoms with Crippen LogP contribution in [0, 0.1) is 13.8 Å². The van der Waals surface area contributed by atoms with E-state index in [1.165, 1.54) is 0 Å². The number of rotatable bonds is 2. The van der Waals surface area contributed by atoms with E-state index in [4.69, 9.17) is 5.73 Å². The fraction of sp³-hybridized carbons (Fsp3) is 0.571. The highest BCUT2D eigenvalue weighted by Gasteiger charge is 2.34. The maximum atomic E-state index is 12.7. The Labute approximate surface area is 115 Å². The summed E-state index contributed by atoms with van der Waals surface area (Å²) in [7, 11) is -3.40. The molecule has 19 heavy (non-hydrogen) atoms. The molecular formula is C14H22N2O2S. The molecule has 1 aliphatic heterocycles. The van der Waals surface area contributed by atoms with Gasteiger partial charge in [-0.1, -0.05) is 17.7 Å². The fourth-order valence-corrected chi connectivity index (χ4v) is 4.62. The van der Waals surface area contributed by atoms with Gasteiger partial charge < -0.3 is 5.73 Å². The molecule has 1 fully saturated rings. The molecule has 5 heteroatoms. The van der Waals surface area contributed by atoms with Crippen molar-refractivity contribution in [3.05, 3.63) is 29.3 Å². The molecule has 1 aromatic rings. The van der Waals surface area contributed by atoms with Crippen LogP contribution in [-0.2, 0) is 10.0 Å². The smallest absolute Gasteiger partial charge is 0.243 e. The zero-order valence-corrected chi connectivity index (χ0v) is 12.6. The number of sulfonamides is 1. The zero-order chi connectivity index (χ0) is 14.2. The zero-order valence-electron chi connectivity index (χ0n) is 11.8. The summed E-state index contributed by atoms with van der Waals surface area (Å²) < 4.78 is 27.0. The highest BCUT2D eigenvalue weighted by molar-refractivity contribution is 7.89. The first kappa shape index (κ1) is 14.5. The van der Waals surface area contributed by atoms with E-state index in [0.717, 1.165) is 24.0 Å². The summed E-state index contributed by atoms with van der Waals surface area (Å²) in [4.78, 5) is 0.417. The third kappa shape index (κ3) is 2.83. The molecule has 0 unspecified atom stereocenters. The molecule has 0 bridgehead atoms. The first-order valence-corrected chi connectivity index (χ1v) is 8.11. The quantitative estimate of drug-likeness (QED) is 0.899. The van der Waals surface area contributed by atoms with E-state index in [2.05, 4.69) is 0 Å². The van der Waals surface area contributed by atoms with Crippen LogP contribution in [0.4, 0.5) is 0 Å². The van der Waals surface area contributed by atoms with Crippen molar-refractivity contribution in [2.45, 2.75) is 50.6 Å². The first-order valence-electron chi connectivity index (χ1n) is 6.67. The van der Waals surface area contributed by atoms with Crippen molar-refractivity contribution in [2.75, 3.05) is 6.54 Å². The SMILES string of the molecule is Cc1ccc(S(=O)(=O)N2CC[C@H](N)C[C@H]2C)c(C)c1. The van der Waals surface area contributed by atoms with E-state index < -0.39 is 10.0 Å². The molecule has 0 saturated carbocycles. The monoisotopic (exact) mass is 282 g/mol. The lowest BCUT2D eigenvalue weighted by molar-refractivity contribution is 0.247. The highest BCUT2D eigenvalue weighted by atomic mass is 32.2. The van der Waals surface area contributed by atoms with E-state index in [1.54, 1.807) is 10.4 Å². The van der Waals surface area contributed by atoms with Crippen molar-refractivity contribution in [3.8, 4) is 0 Å². The van der Waals surface area contributed by atoms with Crippen molar-refractivity contribution in [2.24, 2.45) is 5.73 Å². The summed E-state index contributed by atoms with van der Waals surface area (Å²) in [6.07, 6.45) is 1.46. The van der Waals surface area contributed by atoms with Gasteiger partial charge in [-0.25, -0.2) is 8.42 Å². The standard InChI is InChI=1S/C14H22N2O2S/c1-10-4-5-14(11(2)8-10)19(17,18)16-7-6-13(15)9-12(16)3/h4-5,8,12-13H,6-7,9,15H2,1-3H3/t12-,13+/m1/s1. The fourth-order valence-electron chi connectivity index (χ4n) is 2.76. The summed E-state index contributed by atoms with van der Waals surface area (Å²) in [5.41, 5.74) is 7.78. The van der Waals surface area contributed by atoms with Crippen LogP contribution in [0.1, 0.15) is 30.9 Å². The van der Waals surface area contributed by atoms with Crippen LogP contribution in [0.25, 0.3) is 0 Å². The van der Waals surface area contributed by atoms with Gasteiger partial charge in [-0.15, -0.1) is 0 Å². The van der Waals surface area contributed by atoms with Crippen molar-refractivity contribution < 1.29 is 8.42 Å². The topological polar surface area (TPSA) is 63.4 Å². The Kier molecular flexibility index (Phi) is 3.99. The highest BCUT2D eigenvalue weighted by Crippen LogP contribution is 2.27. The predicted octanol–water partition coefficient (Wildman–Crippen LogP) is 1.80. The third-order valence-corrected chi connectivity index (χ3v) is 5.95. The number of nitrogens with zero attached hydrogens (tertiary/aromatic N) is 1. The van der Waals surface area contributed by atoms with Crippen LogP contribution < -0.4 is 5.73 Å². The van der Waals surface area contributed by atoms with Gasteiger partial charge in [0.2, 0.25) is 10.0 Å². The van der Waals surface area contributed by atoms with Crippen LogP contribution in [0.15, 0.2) is 23.1 Å². The van der Waals surface area contributed by atoms with Gasteiger partial charge in [0, 0.05) is 18.6 Å². The maximum Gasteiger partial charge on any atom is 0.243 e. The largest absolute Gasteiger partial charge is 0.328 e. The molecule has 2 N–H and O–H groups in total. The van der Waals surface area contributed by atoms with Crippen LogP contribution in [0.2, 0.25) is 0 Å². The second kappa shape index (κ2) is 5.23. The molecule has 0 amide bonds. The van der Waals surface area contributed by atoms with Crippen LogP contribution in [-0.4, -0.2) is 31.4 Å². The summed E-state index contributed by atoms with van der Waals surface area (Å²) >= 11 is 0. The molecule has 0 spiro atoms. The molecular weight excluding hydrogens is 260 g/mol. The minimum atomic E-state index is -3.40. The van der Waals surface area contributed by atoms with Crippen molar-refractivity contribution in [3.63, 3.8) is 0 Å². The second-order valence-corrected chi connectivity index (χ2v) is 7.38. The Hall–Kier alpha value is -0.910. The van der Waals surface area contributed by atoms with Crippen LogP contribution in [0.3, 0.4) is 0 Å². The molecule has 1 aromatic carbocycles. The second-order valence-electron chi connectivity index (χ2n) is 5.52. The van der Waals surface area contributed by atoms with Gasteiger partial charge in [0.1, 0.15) is 0 Å². The lowest BCUT2D eigenvalue weighted by Crippen LogP contribution is -2.48. The summed E-state index contributed by atoms with van der Waals surface area (Å²) in [5, 5.41) is 0. The van der Waals surface area contributed by atoms with E-state index >= 15 is 0 Å². The Bertz CT molecular complexity index is 569. The van der Waals surface area contributed by atoms with Gasteiger partial charge in [-0.2, -0.15) is 4.31 Å². The molecule has 2 rings (SSSR count). The Morgan fingerprint density at radius 2 is 2.00 bits per heavy atom. The number of piperidine rings is 1. The van der Waals surface area contributed by atoms with Crippen LogP contribution >= 0.6 is 0 Å². The molecule has 4 nitrogen and oxygen atoms in total. The Balaban J connectivity index is 2.37. The molecule has 1 heterocycles. The first-order chi connectivity index (χ1) is 8.82. The van der Waals surface area contributed by atoms with Gasteiger partial charge in [-0.05, 0) is 45.2 Å². The number of hydrogen-bond donors (Lipinski definition) is 1. The lowest BCUT2D eigenvalue weighted by atomic mass is 10.0. The number of benzene rings is 1. The molecule has 1 saturated heterocycles. The van der Waals surface area contributed by atoms with E-state index in [0.29, 0.717) is 11.4 Å². The Morgan fingerprint density at radius 3 is 2.58 bits per heavy atom. The molecule has 0 aliphatic carbocycles. The Morgan fingerprint density at radius 1 is 1.32 bits per heavy atom. The van der Waals surface area contributed by atoms with Crippen molar-refractivity contribution >= 4 is 10.0 Å². The van der Waals surface area contributed by atoms with E-state index in [9.17, 15) is 8.42 Å². The molecule has 2 atom stereocenters. The number of nitrogens with two attached hydrogens (primary N) is 1. The summed E-state index contributed by atoms with van der Waals surface area (Å²) in [6, 6.07) is 5.55.